The molecule has 3 nitrogen and oxygen atoms in total. The van der Waals surface area contributed by atoms with Crippen molar-refractivity contribution in [2.45, 2.75) is 52.1 Å². The Hall–Kier alpha value is -1.06. The Kier molecular flexibility index (Phi) is 3.88. The van der Waals surface area contributed by atoms with Crippen LogP contribution < -0.4 is 5.73 Å². The molecule has 0 aliphatic rings. The van der Waals surface area contributed by atoms with Crippen LogP contribution in [0, 0.1) is 0 Å². The largest absolute Gasteiger partial charge is 0.324 e. The van der Waals surface area contributed by atoms with Crippen LogP contribution in [0.2, 0.25) is 5.02 Å². The van der Waals surface area contributed by atoms with Gasteiger partial charge in [0.1, 0.15) is 5.82 Å². The predicted molar refractivity (Wildman–Crippen MR) is 81.6 cm³/mol. The van der Waals surface area contributed by atoms with Crippen molar-refractivity contribution in [3.63, 3.8) is 0 Å². The summed E-state index contributed by atoms with van der Waals surface area (Å²) in [5.74, 6) is 0.946. The third-order valence-electron chi connectivity index (χ3n) is 3.45. The summed E-state index contributed by atoms with van der Waals surface area (Å²) in [5, 5.41) is 0.710. The molecule has 19 heavy (non-hydrogen) atoms. The predicted octanol–water partition coefficient (Wildman–Crippen LogP) is 4.24. The molecule has 104 valence electrons. The summed E-state index contributed by atoms with van der Waals surface area (Å²) >= 11 is 6.05. The van der Waals surface area contributed by atoms with Gasteiger partial charge in [0.25, 0.3) is 0 Å². The molecule has 0 aliphatic carbocycles. The number of aromatic nitrogens is 2. The minimum absolute atomic E-state index is 0.320. The fourth-order valence-corrected chi connectivity index (χ4v) is 2.79. The first kappa shape index (κ1) is 14.4. The van der Waals surface area contributed by atoms with Crippen molar-refractivity contribution in [1.82, 2.24) is 9.55 Å². The van der Waals surface area contributed by atoms with Gasteiger partial charge in [0, 0.05) is 11.1 Å². The molecule has 1 unspecified atom stereocenters. The lowest BCUT2D eigenvalue weighted by atomic mass is 9.96. The minimum atomic E-state index is -0.412. The van der Waals surface area contributed by atoms with Crippen molar-refractivity contribution in [2.75, 3.05) is 0 Å². The van der Waals surface area contributed by atoms with E-state index in [4.69, 9.17) is 22.3 Å². The minimum Gasteiger partial charge on any atom is -0.324 e. The Balaban J connectivity index is 2.69. The van der Waals surface area contributed by atoms with Gasteiger partial charge in [0.05, 0.1) is 16.6 Å². The molecule has 0 radical (unpaired) electrons. The Morgan fingerprint density at radius 3 is 2.68 bits per heavy atom. The zero-order valence-electron chi connectivity index (χ0n) is 12.1. The number of rotatable bonds is 4. The summed E-state index contributed by atoms with van der Waals surface area (Å²) in [6.45, 7) is 8.51. The van der Waals surface area contributed by atoms with Gasteiger partial charge in [-0.3, -0.25) is 0 Å². The number of hydrogen-bond donors (Lipinski definition) is 1. The zero-order chi connectivity index (χ0) is 14.2. The van der Waals surface area contributed by atoms with Gasteiger partial charge in [0.15, 0.2) is 0 Å². The van der Waals surface area contributed by atoms with E-state index in [1.165, 1.54) is 0 Å². The third kappa shape index (κ3) is 2.63. The Morgan fingerprint density at radius 2 is 2.11 bits per heavy atom. The molecular formula is C15H22ClN3. The van der Waals surface area contributed by atoms with Gasteiger partial charge >= 0.3 is 0 Å². The van der Waals surface area contributed by atoms with Crippen molar-refractivity contribution in [3.05, 3.63) is 29.0 Å². The molecule has 0 fully saturated rings. The number of benzene rings is 1. The number of nitrogens with zero attached hydrogens (tertiary/aromatic N) is 2. The van der Waals surface area contributed by atoms with Crippen LogP contribution in [0.15, 0.2) is 18.2 Å². The van der Waals surface area contributed by atoms with Crippen LogP contribution >= 0.6 is 11.6 Å². The maximum atomic E-state index is 6.47. The van der Waals surface area contributed by atoms with E-state index in [9.17, 15) is 0 Å². The average Bonchev–Trinajstić information content (AvgIpc) is 2.67. The van der Waals surface area contributed by atoms with E-state index in [2.05, 4.69) is 32.3 Å². The number of imidazole rings is 1. The highest BCUT2D eigenvalue weighted by Gasteiger charge is 2.28. The van der Waals surface area contributed by atoms with Crippen LogP contribution in [-0.4, -0.2) is 9.55 Å². The van der Waals surface area contributed by atoms with E-state index in [1.807, 2.05) is 18.2 Å². The van der Waals surface area contributed by atoms with Gasteiger partial charge in [-0.2, -0.15) is 0 Å². The number of fused-ring (bicyclic) bond motifs is 1. The molecule has 0 bridgehead atoms. The van der Waals surface area contributed by atoms with Gasteiger partial charge in [-0.25, -0.2) is 4.98 Å². The average molecular weight is 280 g/mol. The second-order valence-electron chi connectivity index (χ2n) is 5.70. The first-order valence-electron chi connectivity index (χ1n) is 6.83. The summed E-state index contributed by atoms with van der Waals surface area (Å²) in [6, 6.07) is 6.15. The molecule has 0 saturated heterocycles. The highest BCUT2D eigenvalue weighted by Crippen LogP contribution is 2.30. The normalized spacial score (nSPS) is 15.1. The van der Waals surface area contributed by atoms with Gasteiger partial charge in [-0.15, -0.1) is 0 Å². The molecular weight excluding hydrogens is 258 g/mol. The number of hydrogen-bond acceptors (Lipinski definition) is 2. The molecule has 2 rings (SSSR count). The molecule has 1 aromatic heterocycles. The molecule has 1 heterocycles. The molecule has 2 N–H and O–H groups in total. The molecule has 0 amide bonds. The topological polar surface area (TPSA) is 43.8 Å². The molecule has 0 aliphatic heterocycles. The molecule has 0 saturated carbocycles. The first-order valence-corrected chi connectivity index (χ1v) is 7.21. The lowest BCUT2D eigenvalue weighted by molar-refractivity contribution is 0.390. The molecule has 4 heteroatoms. The van der Waals surface area contributed by atoms with Gasteiger partial charge in [-0.1, -0.05) is 24.9 Å². The Bertz CT molecular complexity index is 584. The number of halogens is 1. The van der Waals surface area contributed by atoms with Gasteiger partial charge in [0.2, 0.25) is 0 Å². The van der Waals surface area contributed by atoms with Crippen LogP contribution in [-0.2, 0) is 5.54 Å². The molecule has 0 spiro atoms. The van der Waals surface area contributed by atoms with E-state index in [0.717, 1.165) is 29.7 Å². The van der Waals surface area contributed by atoms with Crippen molar-refractivity contribution in [2.24, 2.45) is 5.73 Å². The van der Waals surface area contributed by atoms with E-state index in [1.54, 1.807) is 0 Å². The third-order valence-corrected chi connectivity index (χ3v) is 3.68. The second-order valence-corrected chi connectivity index (χ2v) is 6.14. The lowest BCUT2D eigenvalue weighted by Crippen LogP contribution is -2.36. The van der Waals surface area contributed by atoms with Gasteiger partial charge < -0.3 is 10.3 Å². The van der Waals surface area contributed by atoms with Crippen molar-refractivity contribution >= 4 is 22.6 Å². The quantitative estimate of drug-likeness (QED) is 0.909. The monoisotopic (exact) mass is 279 g/mol. The van der Waals surface area contributed by atoms with Crippen molar-refractivity contribution in [1.29, 1.82) is 0 Å². The zero-order valence-corrected chi connectivity index (χ0v) is 12.8. The molecule has 2 aromatic rings. The van der Waals surface area contributed by atoms with Crippen LogP contribution in [0.3, 0.4) is 0 Å². The van der Waals surface area contributed by atoms with E-state index in [0.29, 0.717) is 11.1 Å². The SMILES string of the molecule is CCCC(C)(N)c1nc2cc(Cl)ccc2n1C(C)C. The second kappa shape index (κ2) is 5.14. The van der Waals surface area contributed by atoms with Crippen LogP contribution in [0.1, 0.15) is 52.4 Å². The van der Waals surface area contributed by atoms with E-state index >= 15 is 0 Å². The Morgan fingerprint density at radius 1 is 1.42 bits per heavy atom. The van der Waals surface area contributed by atoms with Crippen LogP contribution in [0.5, 0.6) is 0 Å². The van der Waals surface area contributed by atoms with E-state index in [-0.39, 0.29) is 0 Å². The maximum absolute atomic E-state index is 6.47. The molecule has 1 atom stereocenters. The lowest BCUT2D eigenvalue weighted by Gasteiger charge is -2.26. The first-order chi connectivity index (χ1) is 8.86. The molecule has 1 aromatic carbocycles. The summed E-state index contributed by atoms with van der Waals surface area (Å²) in [7, 11) is 0. The fraction of sp³-hybridized carbons (Fsp3) is 0.533. The summed E-state index contributed by atoms with van der Waals surface area (Å²) < 4.78 is 2.22. The smallest absolute Gasteiger partial charge is 0.130 e. The summed E-state index contributed by atoms with van der Waals surface area (Å²) in [4.78, 5) is 4.74. The Labute approximate surface area is 119 Å². The van der Waals surface area contributed by atoms with Crippen molar-refractivity contribution < 1.29 is 0 Å². The fourth-order valence-electron chi connectivity index (χ4n) is 2.63. The standard InChI is InChI=1S/C15H22ClN3/c1-5-8-15(4,17)14-18-12-9-11(16)6-7-13(12)19(14)10(2)3/h6-7,9-10H,5,8,17H2,1-4H3. The van der Waals surface area contributed by atoms with Crippen LogP contribution in [0.25, 0.3) is 11.0 Å². The van der Waals surface area contributed by atoms with Crippen molar-refractivity contribution in [3.8, 4) is 0 Å². The van der Waals surface area contributed by atoms with Crippen LogP contribution in [0.4, 0.5) is 0 Å². The maximum Gasteiger partial charge on any atom is 0.130 e. The summed E-state index contributed by atoms with van der Waals surface area (Å²) in [6.07, 6.45) is 1.95. The highest BCUT2D eigenvalue weighted by molar-refractivity contribution is 6.31. The van der Waals surface area contributed by atoms with Gasteiger partial charge in [-0.05, 0) is 45.4 Å². The number of nitrogens with two attached hydrogens (primary N) is 1. The highest BCUT2D eigenvalue weighted by atomic mass is 35.5. The van der Waals surface area contributed by atoms with E-state index < -0.39 is 5.54 Å². The summed E-state index contributed by atoms with van der Waals surface area (Å²) in [5.41, 5.74) is 8.08.